The molecule has 0 spiro atoms. The maximum absolute atomic E-state index is 12.6. The minimum Gasteiger partial charge on any atom is -0.377 e. The number of carbonyl (C=O) groups excluding carboxylic acids is 1. The van der Waals surface area contributed by atoms with Gasteiger partial charge in [0.15, 0.2) is 5.82 Å². The van der Waals surface area contributed by atoms with E-state index in [0.717, 1.165) is 48.4 Å². The second-order valence-electron chi connectivity index (χ2n) is 6.29. The van der Waals surface area contributed by atoms with Gasteiger partial charge in [-0.3, -0.25) is 9.89 Å². The molecule has 8 heteroatoms. The highest BCUT2D eigenvalue weighted by atomic mass is 16.5. The van der Waals surface area contributed by atoms with Gasteiger partial charge in [0.2, 0.25) is 0 Å². The second kappa shape index (κ2) is 6.64. The number of aryl methyl sites for hydroxylation is 1. The molecule has 4 rings (SSSR count). The number of nitrogens with one attached hydrogen (secondary N) is 2. The van der Waals surface area contributed by atoms with Gasteiger partial charge in [0.05, 0.1) is 11.7 Å². The van der Waals surface area contributed by atoms with Gasteiger partial charge in [-0.15, -0.1) is 10.2 Å². The van der Waals surface area contributed by atoms with E-state index in [0.29, 0.717) is 12.2 Å². The molecule has 0 aliphatic carbocycles. The van der Waals surface area contributed by atoms with Crippen LogP contribution in [0.3, 0.4) is 0 Å². The number of amides is 1. The van der Waals surface area contributed by atoms with E-state index in [1.54, 1.807) is 13.3 Å². The summed E-state index contributed by atoms with van der Waals surface area (Å²) in [6, 6.07) is 5.67. The van der Waals surface area contributed by atoms with E-state index in [-0.39, 0.29) is 11.9 Å². The molecule has 8 nitrogen and oxygen atoms in total. The highest BCUT2D eigenvalue weighted by molar-refractivity contribution is 5.97. The Morgan fingerprint density at radius 3 is 3.20 bits per heavy atom. The summed E-state index contributed by atoms with van der Waals surface area (Å²) in [6.07, 6.45) is 4.22. The van der Waals surface area contributed by atoms with Gasteiger partial charge in [-0.1, -0.05) is 0 Å². The quantitative estimate of drug-likeness (QED) is 0.749. The first kappa shape index (κ1) is 15.8. The molecule has 0 bridgehead atoms. The Morgan fingerprint density at radius 1 is 1.40 bits per heavy atom. The molecule has 0 radical (unpaired) electrons. The molecule has 1 aliphatic heterocycles. The Kier molecular flexibility index (Phi) is 4.19. The lowest BCUT2D eigenvalue weighted by molar-refractivity contribution is 0.0933. The molecular weight excluding hydrogens is 320 g/mol. The van der Waals surface area contributed by atoms with Crippen molar-refractivity contribution in [1.82, 2.24) is 30.3 Å². The maximum atomic E-state index is 12.6. The van der Waals surface area contributed by atoms with Gasteiger partial charge in [0, 0.05) is 37.1 Å². The number of rotatable bonds is 4. The second-order valence-corrected chi connectivity index (χ2v) is 6.29. The zero-order valence-electron chi connectivity index (χ0n) is 14.0. The largest absolute Gasteiger partial charge is 0.377 e. The smallest absolute Gasteiger partial charge is 0.251 e. The van der Waals surface area contributed by atoms with Crippen molar-refractivity contribution in [1.29, 1.82) is 0 Å². The predicted molar refractivity (Wildman–Crippen MR) is 91.0 cm³/mol. The van der Waals surface area contributed by atoms with E-state index in [1.807, 2.05) is 18.2 Å². The molecule has 2 N–H and O–H groups in total. The van der Waals surface area contributed by atoms with E-state index in [9.17, 15) is 4.79 Å². The summed E-state index contributed by atoms with van der Waals surface area (Å²) in [6.45, 7) is 1.24. The molecule has 2 aromatic heterocycles. The van der Waals surface area contributed by atoms with Crippen molar-refractivity contribution in [2.75, 3.05) is 7.11 Å². The lowest BCUT2D eigenvalue weighted by Gasteiger charge is -2.16. The molecule has 0 fully saturated rings. The lowest BCUT2D eigenvalue weighted by atomic mass is 10.1. The summed E-state index contributed by atoms with van der Waals surface area (Å²) in [4.78, 5) is 12.6. The zero-order valence-corrected chi connectivity index (χ0v) is 14.0. The molecule has 130 valence electrons. The number of benzene rings is 1. The Balaban J connectivity index is 1.44. The first-order valence-corrected chi connectivity index (χ1v) is 8.38. The van der Waals surface area contributed by atoms with Crippen molar-refractivity contribution in [3.63, 3.8) is 0 Å². The van der Waals surface area contributed by atoms with Crippen molar-refractivity contribution in [2.45, 2.75) is 38.5 Å². The average molecular weight is 340 g/mol. The third-order valence-electron chi connectivity index (χ3n) is 4.63. The number of aromatic amines is 1. The molecule has 1 atom stereocenters. The first-order valence-electron chi connectivity index (χ1n) is 8.38. The monoisotopic (exact) mass is 340 g/mol. The third-order valence-corrected chi connectivity index (χ3v) is 4.63. The number of methoxy groups -OCH3 is 1. The van der Waals surface area contributed by atoms with Crippen molar-refractivity contribution in [2.24, 2.45) is 0 Å². The molecule has 3 aromatic rings. The minimum atomic E-state index is -0.0529. The number of hydrogen-bond acceptors (Lipinski definition) is 5. The van der Waals surface area contributed by atoms with Gasteiger partial charge in [-0.05, 0) is 31.0 Å². The molecule has 1 aliphatic rings. The van der Waals surface area contributed by atoms with Crippen LogP contribution in [-0.2, 0) is 24.3 Å². The summed E-state index contributed by atoms with van der Waals surface area (Å²) in [7, 11) is 1.65. The Bertz CT molecular complexity index is 900. The van der Waals surface area contributed by atoms with Gasteiger partial charge < -0.3 is 14.6 Å². The van der Waals surface area contributed by atoms with Crippen LogP contribution in [0.1, 0.15) is 34.8 Å². The van der Waals surface area contributed by atoms with Crippen LogP contribution in [0.5, 0.6) is 0 Å². The average Bonchev–Trinajstić information content (AvgIpc) is 3.18. The summed E-state index contributed by atoms with van der Waals surface area (Å²) in [5.41, 5.74) is 1.58. The molecule has 1 unspecified atom stereocenters. The molecule has 1 amide bonds. The maximum Gasteiger partial charge on any atom is 0.251 e. The Morgan fingerprint density at radius 2 is 2.32 bits per heavy atom. The van der Waals surface area contributed by atoms with Crippen LogP contribution in [0.25, 0.3) is 10.9 Å². The highest BCUT2D eigenvalue weighted by Gasteiger charge is 2.22. The number of ether oxygens (including phenoxy) is 1. The van der Waals surface area contributed by atoms with E-state index in [1.165, 1.54) is 0 Å². The summed E-state index contributed by atoms with van der Waals surface area (Å²) < 4.78 is 7.27. The fourth-order valence-corrected chi connectivity index (χ4v) is 3.28. The van der Waals surface area contributed by atoms with Gasteiger partial charge in [-0.25, -0.2) is 0 Å². The number of aromatic nitrogens is 5. The topological polar surface area (TPSA) is 97.7 Å². The van der Waals surface area contributed by atoms with Gasteiger partial charge >= 0.3 is 0 Å². The van der Waals surface area contributed by atoms with Crippen LogP contribution in [0.2, 0.25) is 0 Å². The number of H-pyrrole nitrogens is 1. The molecule has 3 heterocycles. The van der Waals surface area contributed by atoms with E-state index >= 15 is 0 Å². The van der Waals surface area contributed by atoms with Gasteiger partial charge in [0.1, 0.15) is 12.4 Å². The molecule has 1 aromatic carbocycles. The van der Waals surface area contributed by atoms with Crippen LogP contribution in [0.4, 0.5) is 0 Å². The zero-order chi connectivity index (χ0) is 17.2. The molecular formula is C17H20N6O2. The van der Waals surface area contributed by atoms with Crippen molar-refractivity contribution < 1.29 is 9.53 Å². The van der Waals surface area contributed by atoms with Crippen LogP contribution in [0.15, 0.2) is 24.4 Å². The Labute approximate surface area is 144 Å². The van der Waals surface area contributed by atoms with E-state index in [4.69, 9.17) is 4.74 Å². The fraction of sp³-hybridized carbons (Fsp3) is 0.412. The minimum absolute atomic E-state index is 0.0529. The third kappa shape index (κ3) is 3.12. The summed E-state index contributed by atoms with van der Waals surface area (Å²) >= 11 is 0. The van der Waals surface area contributed by atoms with Crippen LogP contribution < -0.4 is 5.32 Å². The molecule has 25 heavy (non-hydrogen) atoms. The standard InChI is InChI=1S/C17H20N6O2/c1-25-10-16-22-21-15-5-3-13(6-7-23(15)16)19-17(24)11-2-4-14-12(8-11)9-18-20-14/h2,4,8-9,13H,3,5-7,10H2,1H3,(H,18,20)(H,19,24). The fourth-order valence-electron chi connectivity index (χ4n) is 3.28. The first-order chi connectivity index (χ1) is 12.2. The lowest BCUT2D eigenvalue weighted by Crippen LogP contribution is -2.35. The molecule has 0 saturated heterocycles. The van der Waals surface area contributed by atoms with Crippen molar-refractivity contribution in [3.8, 4) is 0 Å². The normalized spacial score (nSPS) is 17.2. The summed E-state index contributed by atoms with van der Waals surface area (Å²) in [5, 5.41) is 19.4. The predicted octanol–water partition coefficient (Wildman–Crippen LogP) is 1.44. The number of carbonyl (C=O) groups is 1. The van der Waals surface area contributed by atoms with Crippen LogP contribution in [0, 0.1) is 0 Å². The summed E-state index contributed by atoms with van der Waals surface area (Å²) in [5.74, 6) is 1.75. The van der Waals surface area contributed by atoms with Crippen LogP contribution >= 0.6 is 0 Å². The number of nitrogens with zero attached hydrogens (tertiary/aromatic N) is 4. The van der Waals surface area contributed by atoms with Crippen molar-refractivity contribution >= 4 is 16.8 Å². The number of fused-ring (bicyclic) bond motifs is 2. The number of hydrogen-bond donors (Lipinski definition) is 2. The Hall–Kier alpha value is -2.74. The van der Waals surface area contributed by atoms with Gasteiger partial charge in [0.25, 0.3) is 5.91 Å². The highest BCUT2D eigenvalue weighted by Crippen LogP contribution is 2.17. The van der Waals surface area contributed by atoms with Gasteiger partial charge in [-0.2, -0.15) is 5.10 Å². The van der Waals surface area contributed by atoms with E-state index < -0.39 is 0 Å². The SMILES string of the molecule is COCc1nnc2n1CCC(NC(=O)c1ccc3[nH]ncc3c1)CC2. The van der Waals surface area contributed by atoms with Crippen LogP contribution in [-0.4, -0.2) is 44.0 Å². The van der Waals surface area contributed by atoms with E-state index in [2.05, 4.69) is 30.3 Å². The molecule has 0 saturated carbocycles. The van der Waals surface area contributed by atoms with Crippen molar-refractivity contribution in [3.05, 3.63) is 41.6 Å².